The molecular formula is C32H39FN4O4. The van der Waals surface area contributed by atoms with E-state index in [-0.39, 0.29) is 60.2 Å². The van der Waals surface area contributed by atoms with Crippen molar-refractivity contribution in [1.29, 1.82) is 0 Å². The Morgan fingerprint density at radius 2 is 1.76 bits per heavy atom. The molecule has 0 aromatic heterocycles. The van der Waals surface area contributed by atoms with Gasteiger partial charge in [-0.05, 0) is 74.1 Å². The van der Waals surface area contributed by atoms with E-state index in [1.54, 1.807) is 19.1 Å². The van der Waals surface area contributed by atoms with Crippen LogP contribution in [0.3, 0.4) is 0 Å². The minimum atomic E-state index is -0.731. The smallest absolute Gasteiger partial charge is 0.245 e. The number of hydrogen-bond acceptors (Lipinski definition) is 4. The number of nitrogens with zero attached hydrogens (tertiary/aromatic N) is 2. The van der Waals surface area contributed by atoms with Crippen LogP contribution in [0.2, 0.25) is 0 Å². The van der Waals surface area contributed by atoms with Crippen LogP contribution in [0.15, 0.2) is 54.6 Å². The van der Waals surface area contributed by atoms with Crippen molar-refractivity contribution in [3.8, 4) is 0 Å². The summed E-state index contributed by atoms with van der Waals surface area (Å²) in [5.74, 6) is -0.835. The Labute approximate surface area is 240 Å². The van der Waals surface area contributed by atoms with Crippen LogP contribution in [0, 0.1) is 17.7 Å². The normalized spacial score (nSPS) is 27.2. The average molecular weight is 563 g/mol. The molecule has 4 amide bonds. The Morgan fingerprint density at radius 3 is 2.54 bits per heavy atom. The van der Waals surface area contributed by atoms with Gasteiger partial charge in [0.2, 0.25) is 23.6 Å². The molecule has 3 heterocycles. The highest BCUT2D eigenvalue weighted by Gasteiger charge is 2.44. The third kappa shape index (κ3) is 7.13. The summed E-state index contributed by atoms with van der Waals surface area (Å²) >= 11 is 0. The molecule has 218 valence electrons. The summed E-state index contributed by atoms with van der Waals surface area (Å²) in [5, 5.41) is 5.77. The molecule has 5 rings (SSSR count). The van der Waals surface area contributed by atoms with Gasteiger partial charge in [0.15, 0.2) is 0 Å². The molecule has 3 aliphatic rings. The minimum Gasteiger partial charge on any atom is -0.344 e. The SMILES string of the molecule is C[C@H]1NC(=O)[C@H](CCc2ccccc2)NC(=O)CCC[C@H]2[C@@H]3C[C@@H](CN(C(=O)Cc4cccc(F)c4)C3)CN2C1=O. The van der Waals surface area contributed by atoms with Crippen LogP contribution in [0.1, 0.15) is 50.2 Å². The molecule has 41 heavy (non-hydrogen) atoms. The third-order valence-electron chi connectivity index (χ3n) is 8.70. The Kier molecular flexibility index (Phi) is 9.00. The van der Waals surface area contributed by atoms with Gasteiger partial charge in [0.1, 0.15) is 17.9 Å². The lowest BCUT2D eigenvalue weighted by Crippen LogP contribution is -2.63. The molecule has 0 radical (unpaired) electrons. The number of benzene rings is 2. The number of nitrogens with one attached hydrogen (secondary N) is 2. The lowest BCUT2D eigenvalue weighted by atomic mass is 9.77. The van der Waals surface area contributed by atoms with Crippen molar-refractivity contribution in [3.05, 3.63) is 71.5 Å². The number of halogens is 1. The fourth-order valence-electron chi connectivity index (χ4n) is 6.69. The Balaban J connectivity index is 1.27. The highest BCUT2D eigenvalue weighted by Crippen LogP contribution is 2.36. The summed E-state index contributed by atoms with van der Waals surface area (Å²) in [6, 6.07) is 14.4. The van der Waals surface area contributed by atoms with Gasteiger partial charge in [-0.1, -0.05) is 42.5 Å². The molecule has 5 atom stereocenters. The zero-order valence-electron chi connectivity index (χ0n) is 23.6. The van der Waals surface area contributed by atoms with Gasteiger partial charge in [-0.15, -0.1) is 0 Å². The predicted octanol–water partition coefficient (Wildman–Crippen LogP) is 2.85. The summed E-state index contributed by atoms with van der Waals surface area (Å²) in [6.07, 6.45) is 3.62. The summed E-state index contributed by atoms with van der Waals surface area (Å²) in [6.45, 7) is 3.28. The van der Waals surface area contributed by atoms with Crippen LogP contribution in [0.4, 0.5) is 4.39 Å². The van der Waals surface area contributed by atoms with E-state index in [2.05, 4.69) is 10.6 Å². The number of likely N-dealkylation sites (tertiary alicyclic amines) is 1. The van der Waals surface area contributed by atoms with Crippen molar-refractivity contribution in [2.45, 2.75) is 70.0 Å². The summed E-state index contributed by atoms with van der Waals surface area (Å²) in [4.78, 5) is 56.8. The van der Waals surface area contributed by atoms with Crippen molar-refractivity contribution in [3.63, 3.8) is 0 Å². The summed E-state index contributed by atoms with van der Waals surface area (Å²) < 4.78 is 13.7. The van der Waals surface area contributed by atoms with Gasteiger partial charge in [-0.25, -0.2) is 4.39 Å². The topological polar surface area (TPSA) is 98.8 Å². The lowest BCUT2D eigenvalue weighted by Gasteiger charge is -2.51. The molecule has 0 aliphatic carbocycles. The zero-order valence-corrected chi connectivity index (χ0v) is 23.6. The first-order chi connectivity index (χ1) is 19.8. The van der Waals surface area contributed by atoms with E-state index in [0.717, 1.165) is 12.0 Å². The van der Waals surface area contributed by atoms with Gasteiger partial charge in [-0.2, -0.15) is 0 Å². The number of fused-ring (bicyclic) bond motifs is 4. The van der Waals surface area contributed by atoms with E-state index in [1.807, 2.05) is 40.1 Å². The molecule has 3 saturated heterocycles. The van der Waals surface area contributed by atoms with Gasteiger partial charge in [0.05, 0.1) is 6.42 Å². The zero-order chi connectivity index (χ0) is 28.9. The predicted molar refractivity (Wildman–Crippen MR) is 152 cm³/mol. The highest BCUT2D eigenvalue weighted by atomic mass is 19.1. The van der Waals surface area contributed by atoms with Crippen molar-refractivity contribution >= 4 is 23.6 Å². The fraction of sp³-hybridized carbons (Fsp3) is 0.500. The first kappa shape index (κ1) is 28.8. The maximum atomic E-state index is 13.7. The number of aryl methyl sites for hydroxylation is 1. The number of amides is 4. The maximum Gasteiger partial charge on any atom is 0.245 e. The second-order valence-corrected chi connectivity index (χ2v) is 11.8. The second-order valence-electron chi connectivity index (χ2n) is 11.8. The average Bonchev–Trinajstić information content (AvgIpc) is 2.95. The van der Waals surface area contributed by atoms with Crippen LogP contribution in [-0.2, 0) is 32.0 Å². The van der Waals surface area contributed by atoms with Gasteiger partial charge in [0, 0.05) is 32.1 Å². The molecule has 2 N–H and O–H groups in total. The maximum absolute atomic E-state index is 13.7. The van der Waals surface area contributed by atoms with Crippen molar-refractivity contribution in [2.75, 3.05) is 19.6 Å². The number of carbonyl (C=O) groups is 4. The monoisotopic (exact) mass is 562 g/mol. The van der Waals surface area contributed by atoms with E-state index in [9.17, 15) is 23.6 Å². The van der Waals surface area contributed by atoms with Crippen LogP contribution < -0.4 is 10.6 Å². The summed E-state index contributed by atoms with van der Waals surface area (Å²) in [5.41, 5.74) is 1.72. The van der Waals surface area contributed by atoms with Gasteiger partial charge < -0.3 is 20.4 Å². The van der Waals surface area contributed by atoms with Crippen LogP contribution in [0.25, 0.3) is 0 Å². The molecule has 3 fully saturated rings. The molecule has 8 nitrogen and oxygen atoms in total. The minimum absolute atomic E-state index is 0.0419. The number of rotatable bonds is 5. The molecule has 0 unspecified atom stereocenters. The van der Waals surface area contributed by atoms with E-state index < -0.39 is 12.1 Å². The first-order valence-corrected chi connectivity index (χ1v) is 14.7. The molecule has 3 aliphatic heterocycles. The van der Waals surface area contributed by atoms with Crippen LogP contribution in [0.5, 0.6) is 0 Å². The molecule has 9 heteroatoms. The van der Waals surface area contributed by atoms with Gasteiger partial charge in [0.25, 0.3) is 0 Å². The Morgan fingerprint density at radius 1 is 0.976 bits per heavy atom. The van der Waals surface area contributed by atoms with Gasteiger partial charge >= 0.3 is 0 Å². The second kappa shape index (κ2) is 12.8. The molecule has 0 saturated carbocycles. The van der Waals surface area contributed by atoms with Crippen LogP contribution >= 0.6 is 0 Å². The summed E-state index contributed by atoms with van der Waals surface area (Å²) in [7, 11) is 0. The van der Waals surface area contributed by atoms with E-state index in [1.165, 1.54) is 12.1 Å². The fourth-order valence-corrected chi connectivity index (χ4v) is 6.69. The molecule has 0 spiro atoms. The molecule has 2 aromatic rings. The van der Waals surface area contributed by atoms with Crippen molar-refractivity contribution < 1.29 is 23.6 Å². The lowest BCUT2D eigenvalue weighted by molar-refractivity contribution is -0.148. The highest BCUT2D eigenvalue weighted by molar-refractivity contribution is 5.92. The largest absolute Gasteiger partial charge is 0.344 e. The standard InChI is InChI=1S/C32H39FN4O4/c1-21-32(41)37-19-24-15-25(20-36(18-24)30(39)17-23-9-5-10-26(33)16-23)28(37)11-6-12-29(38)35-27(31(40)34-21)14-13-22-7-3-2-4-8-22/h2-5,7-10,16,21,24-25,27-28H,6,11-15,17-20H2,1H3,(H,34,40)(H,35,38)/t21-,24+,25-,27+,28+/m1/s1. The number of piperidine rings is 2. The molecule has 2 bridgehead atoms. The van der Waals surface area contributed by atoms with Gasteiger partial charge in [-0.3, -0.25) is 19.2 Å². The van der Waals surface area contributed by atoms with Crippen molar-refractivity contribution in [1.82, 2.24) is 20.4 Å². The molecule has 2 aromatic carbocycles. The Bertz CT molecular complexity index is 1270. The number of carbonyl (C=O) groups excluding carboxylic acids is 4. The number of hydrogen-bond donors (Lipinski definition) is 2. The van der Waals surface area contributed by atoms with Crippen molar-refractivity contribution in [2.24, 2.45) is 11.8 Å². The third-order valence-corrected chi connectivity index (χ3v) is 8.70. The van der Waals surface area contributed by atoms with Crippen LogP contribution in [-0.4, -0.2) is 71.2 Å². The van der Waals surface area contributed by atoms with E-state index in [4.69, 9.17) is 0 Å². The van der Waals surface area contributed by atoms with E-state index in [0.29, 0.717) is 50.9 Å². The van der Waals surface area contributed by atoms with E-state index >= 15 is 0 Å². The Hall–Kier alpha value is -3.75. The molecular weight excluding hydrogens is 523 g/mol. The quantitative estimate of drug-likeness (QED) is 0.586. The first-order valence-electron chi connectivity index (χ1n) is 14.7.